The summed E-state index contributed by atoms with van der Waals surface area (Å²) in [6.07, 6.45) is -1.48. The Labute approximate surface area is 51.7 Å². The maximum Gasteiger partial charge on any atom is 0.353 e. The number of carbonyl (C=O) groups is 1. The van der Waals surface area contributed by atoms with Gasteiger partial charge in [0.2, 0.25) is 5.72 Å². The minimum atomic E-state index is -2.53. The van der Waals surface area contributed by atoms with Crippen molar-refractivity contribution in [2.75, 3.05) is 0 Å². The molecule has 9 heavy (non-hydrogen) atoms. The van der Waals surface area contributed by atoms with Crippen LogP contribution in [0.1, 0.15) is 6.92 Å². The number of hydrogen-bond donors (Lipinski definition) is 4. The molecule has 0 radical (unpaired) electrons. The Morgan fingerprint density at radius 3 is 2.11 bits per heavy atom. The van der Waals surface area contributed by atoms with Crippen molar-refractivity contribution in [2.24, 2.45) is 5.73 Å². The van der Waals surface area contributed by atoms with Gasteiger partial charge in [0, 0.05) is 0 Å². The van der Waals surface area contributed by atoms with E-state index in [9.17, 15) is 4.79 Å². The van der Waals surface area contributed by atoms with Gasteiger partial charge in [-0.3, -0.25) is 5.73 Å². The molecule has 0 heterocycles. The molecule has 0 rings (SSSR count). The van der Waals surface area contributed by atoms with Crippen LogP contribution in [0, 0.1) is 0 Å². The van der Waals surface area contributed by atoms with Crippen LogP contribution in [0.2, 0.25) is 0 Å². The van der Waals surface area contributed by atoms with Crippen LogP contribution in [0.25, 0.3) is 0 Å². The first-order chi connectivity index (χ1) is 3.89. The second-order valence-electron chi connectivity index (χ2n) is 1.81. The second-order valence-corrected chi connectivity index (χ2v) is 1.81. The Bertz CT molecular complexity index is 120. The van der Waals surface area contributed by atoms with Crippen LogP contribution >= 0.6 is 0 Å². The molecule has 0 aliphatic rings. The summed E-state index contributed by atoms with van der Waals surface area (Å²) in [5.74, 6) is -1.64. The molecule has 0 spiro atoms. The first-order valence-corrected chi connectivity index (χ1v) is 2.31. The number of carboxylic acids is 1. The molecule has 2 unspecified atom stereocenters. The number of aliphatic carboxylic acids is 1. The van der Waals surface area contributed by atoms with E-state index in [1.54, 1.807) is 0 Å². The first kappa shape index (κ1) is 8.35. The van der Waals surface area contributed by atoms with Crippen LogP contribution in [-0.4, -0.2) is 33.1 Å². The first-order valence-electron chi connectivity index (χ1n) is 2.31. The molecule has 0 amide bonds. The van der Waals surface area contributed by atoms with E-state index >= 15 is 0 Å². The van der Waals surface area contributed by atoms with E-state index in [0.29, 0.717) is 0 Å². The highest BCUT2D eigenvalue weighted by molar-refractivity contribution is 5.76. The van der Waals surface area contributed by atoms with Crippen LogP contribution in [0.4, 0.5) is 0 Å². The van der Waals surface area contributed by atoms with Crippen molar-refractivity contribution >= 4 is 5.97 Å². The van der Waals surface area contributed by atoms with Gasteiger partial charge in [-0.2, -0.15) is 0 Å². The van der Waals surface area contributed by atoms with Crippen LogP contribution in [0.3, 0.4) is 0 Å². The number of aliphatic hydroxyl groups excluding tert-OH is 1. The standard InChI is InChI=1S/C4H9NO4/c1-2(6)4(5,9)3(7)8/h2,6,9H,5H2,1H3,(H,7,8). The maximum atomic E-state index is 9.93. The van der Waals surface area contributed by atoms with Gasteiger partial charge in [-0.05, 0) is 6.92 Å². The Morgan fingerprint density at radius 2 is 2.11 bits per heavy atom. The Morgan fingerprint density at radius 1 is 1.78 bits per heavy atom. The van der Waals surface area contributed by atoms with Crippen molar-refractivity contribution in [3.8, 4) is 0 Å². The summed E-state index contributed by atoms with van der Waals surface area (Å²) in [6, 6.07) is 0. The van der Waals surface area contributed by atoms with Gasteiger partial charge in [-0.15, -0.1) is 0 Å². The van der Waals surface area contributed by atoms with Crippen molar-refractivity contribution in [3.05, 3.63) is 0 Å². The minimum absolute atomic E-state index is 1.09. The van der Waals surface area contributed by atoms with Crippen molar-refractivity contribution < 1.29 is 20.1 Å². The number of rotatable bonds is 2. The lowest BCUT2D eigenvalue weighted by Crippen LogP contribution is -2.56. The smallest absolute Gasteiger partial charge is 0.353 e. The Balaban J connectivity index is 4.19. The molecule has 0 bridgehead atoms. The molecule has 0 aliphatic carbocycles. The molecule has 5 N–H and O–H groups in total. The average Bonchev–Trinajstić information content (AvgIpc) is 1.65. The van der Waals surface area contributed by atoms with E-state index in [1.165, 1.54) is 0 Å². The van der Waals surface area contributed by atoms with Gasteiger partial charge in [0.15, 0.2) is 0 Å². The lowest BCUT2D eigenvalue weighted by molar-refractivity contribution is -0.169. The predicted octanol–water partition coefficient (Wildman–Crippen LogP) is -1.90. The molecule has 5 nitrogen and oxygen atoms in total. The molecule has 0 aromatic heterocycles. The van der Waals surface area contributed by atoms with Crippen LogP contribution in [-0.2, 0) is 4.79 Å². The van der Waals surface area contributed by atoms with E-state index in [1.807, 2.05) is 0 Å². The highest BCUT2D eigenvalue weighted by Gasteiger charge is 2.36. The van der Waals surface area contributed by atoms with Gasteiger partial charge in [0.1, 0.15) is 6.10 Å². The largest absolute Gasteiger partial charge is 0.478 e. The third-order valence-electron chi connectivity index (χ3n) is 0.980. The number of hydrogen-bond acceptors (Lipinski definition) is 4. The zero-order chi connectivity index (χ0) is 7.65. The summed E-state index contributed by atoms with van der Waals surface area (Å²) in [7, 11) is 0. The van der Waals surface area contributed by atoms with Crippen LogP contribution in [0.5, 0.6) is 0 Å². The van der Waals surface area contributed by atoms with Gasteiger partial charge >= 0.3 is 5.97 Å². The highest BCUT2D eigenvalue weighted by Crippen LogP contribution is 2.00. The van der Waals surface area contributed by atoms with E-state index in [-0.39, 0.29) is 0 Å². The molecule has 2 atom stereocenters. The topological polar surface area (TPSA) is 104 Å². The van der Waals surface area contributed by atoms with Gasteiger partial charge in [0.05, 0.1) is 0 Å². The summed E-state index contributed by atoms with van der Waals surface area (Å²) in [5.41, 5.74) is 2.18. The molecule has 0 aromatic carbocycles. The fraction of sp³-hybridized carbons (Fsp3) is 0.750. The lowest BCUT2D eigenvalue weighted by Gasteiger charge is -2.19. The van der Waals surface area contributed by atoms with Crippen molar-refractivity contribution in [1.29, 1.82) is 0 Å². The number of aliphatic hydroxyl groups is 2. The van der Waals surface area contributed by atoms with Gasteiger partial charge < -0.3 is 15.3 Å². The van der Waals surface area contributed by atoms with E-state index in [0.717, 1.165) is 6.92 Å². The van der Waals surface area contributed by atoms with E-state index in [2.05, 4.69) is 0 Å². The van der Waals surface area contributed by atoms with Gasteiger partial charge in [0.25, 0.3) is 0 Å². The SMILES string of the molecule is CC(O)C(N)(O)C(=O)O. The van der Waals surface area contributed by atoms with Gasteiger partial charge in [-0.25, -0.2) is 4.79 Å². The summed E-state index contributed by atoms with van der Waals surface area (Å²) < 4.78 is 0. The lowest BCUT2D eigenvalue weighted by atomic mass is 10.1. The zero-order valence-corrected chi connectivity index (χ0v) is 4.90. The minimum Gasteiger partial charge on any atom is -0.478 e. The summed E-state index contributed by atoms with van der Waals surface area (Å²) in [5, 5.41) is 25.2. The zero-order valence-electron chi connectivity index (χ0n) is 4.90. The van der Waals surface area contributed by atoms with Crippen molar-refractivity contribution in [1.82, 2.24) is 0 Å². The molecular formula is C4H9NO4. The molecular weight excluding hydrogens is 126 g/mol. The van der Waals surface area contributed by atoms with E-state index < -0.39 is 17.8 Å². The molecule has 5 heteroatoms. The molecule has 0 saturated heterocycles. The molecule has 0 aliphatic heterocycles. The van der Waals surface area contributed by atoms with Crippen LogP contribution in [0.15, 0.2) is 0 Å². The summed E-state index contributed by atoms with van der Waals surface area (Å²) >= 11 is 0. The quantitative estimate of drug-likeness (QED) is 0.331. The maximum absolute atomic E-state index is 9.93. The fourth-order valence-corrected chi connectivity index (χ4v) is 0.179. The average molecular weight is 135 g/mol. The van der Waals surface area contributed by atoms with Crippen molar-refractivity contribution in [3.63, 3.8) is 0 Å². The van der Waals surface area contributed by atoms with Crippen molar-refractivity contribution in [2.45, 2.75) is 18.8 Å². The Hall–Kier alpha value is -0.650. The summed E-state index contributed by atoms with van der Waals surface area (Å²) in [4.78, 5) is 9.93. The third-order valence-corrected chi connectivity index (χ3v) is 0.980. The van der Waals surface area contributed by atoms with Gasteiger partial charge in [-0.1, -0.05) is 0 Å². The molecule has 54 valence electrons. The Kier molecular flexibility index (Phi) is 2.13. The normalized spacial score (nSPS) is 20.4. The molecule has 0 saturated carbocycles. The van der Waals surface area contributed by atoms with Crippen LogP contribution < -0.4 is 5.73 Å². The number of carboxylic acid groups (broad SMARTS) is 1. The second kappa shape index (κ2) is 2.30. The fourth-order valence-electron chi connectivity index (χ4n) is 0.179. The molecule has 0 aromatic rings. The number of nitrogens with two attached hydrogens (primary N) is 1. The molecule has 0 fully saturated rings. The third kappa shape index (κ3) is 1.63. The van der Waals surface area contributed by atoms with E-state index in [4.69, 9.17) is 21.1 Å². The highest BCUT2D eigenvalue weighted by atomic mass is 16.4. The summed E-state index contributed by atoms with van der Waals surface area (Å²) in [6.45, 7) is 1.09. The predicted molar refractivity (Wildman–Crippen MR) is 28.5 cm³/mol. The monoisotopic (exact) mass is 135 g/mol.